The van der Waals surface area contributed by atoms with Crippen LogP contribution in [0.5, 0.6) is 0 Å². The molecular formula is C52H70N3O18P. The van der Waals surface area contributed by atoms with E-state index in [1.165, 1.54) is 0 Å². The SMILES string of the molecule is C=PCCC1OC(OC2C(O)C(NC(=O)OCc3ccccc3)CC(C)C2OC2OC(CC)C(O)C(O)C2NC(=O)OCc2ccccc2)C(O)C1OC1OC(CC)C(O)C(O)C1NC(=O)OCc1ccccc1. The zero-order valence-corrected chi connectivity index (χ0v) is 42.4. The first-order chi connectivity index (χ1) is 35.7. The van der Waals surface area contributed by atoms with Crippen LogP contribution in [0.2, 0.25) is 0 Å². The number of hydrogen-bond donors (Lipinski definition) is 9. The van der Waals surface area contributed by atoms with Crippen LogP contribution >= 0.6 is 8.20 Å². The van der Waals surface area contributed by atoms with Crippen molar-refractivity contribution >= 4 is 32.8 Å². The normalized spacial score (nSPS) is 35.1. The highest BCUT2D eigenvalue weighted by Crippen LogP contribution is 2.38. The van der Waals surface area contributed by atoms with Crippen molar-refractivity contribution in [3.63, 3.8) is 0 Å². The van der Waals surface area contributed by atoms with Crippen LogP contribution in [-0.4, -0.2) is 172 Å². The molecule has 19 atom stereocenters. The molecule has 0 spiro atoms. The van der Waals surface area contributed by atoms with Gasteiger partial charge in [-0.2, -0.15) is 0 Å². The molecule has 3 aliphatic heterocycles. The van der Waals surface area contributed by atoms with Crippen LogP contribution in [0.1, 0.15) is 63.1 Å². The van der Waals surface area contributed by atoms with Crippen molar-refractivity contribution in [2.45, 2.75) is 177 Å². The van der Waals surface area contributed by atoms with E-state index < -0.39 is 134 Å². The van der Waals surface area contributed by atoms with Crippen molar-refractivity contribution in [3.05, 3.63) is 108 Å². The summed E-state index contributed by atoms with van der Waals surface area (Å²) in [5, 5.41) is 77.4. The van der Waals surface area contributed by atoms with Crippen LogP contribution in [-0.2, 0) is 62.5 Å². The molecule has 3 aromatic rings. The maximum Gasteiger partial charge on any atom is 0.407 e. The lowest BCUT2D eigenvalue weighted by Crippen LogP contribution is -2.67. The Morgan fingerprint density at radius 3 is 1.38 bits per heavy atom. The summed E-state index contributed by atoms with van der Waals surface area (Å²) in [6.45, 7) is 4.95. The predicted octanol–water partition coefficient (Wildman–Crippen LogP) is 3.00. The first-order valence-electron chi connectivity index (χ1n) is 25.0. The molecule has 3 aromatic carbocycles. The molecule has 7 rings (SSSR count). The number of aliphatic hydroxyl groups is 6. The molecule has 3 heterocycles. The fraction of sp³-hybridized carbons (Fsp3) is 0.577. The number of carbonyl (C=O) groups is 3. The van der Waals surface area contributed by atoms with E-state index in [4.69, 9.17) is 42.6 Å². The Kier molecular flexibility index (Phi) is 21.0. The molecule has 406 valence electrons. The van der Waals surface area contributed by atoms with E-state index >= 15 is 0 Å². The molecule has 0 bridgehead atoms. The van der Waals surface area contributed by atoms with Gasteiger partial charge in [-0.3, -0.25) is 0 Å². The molecule has 1 aliphatic carbocycles. The first kappa shape index (κ1) is 56.9. The molecule has 0 radical (unpaired) electrons. The number of rotatable bonds is 20. The van der Waals surface area contributed by atoms with Crippen LogP contribution in [0.4, 0.5) is 14.4 Å². The Labute approximate surface area is 431 Å². The number of aliphatic hydroxyl groups excluding tert-OH is 6. The average molecular weight is 1060 g/mol. The van der Waals surface area contributed by atoms with E-state index in [2.05, 4.69) is 22.2 Å². The molecule has 22 heteroatoms. The number of amides is 3. The van der Waals surface area contributed by atoms with Gasteiger partial charge in [-0.1, -0.05) is 118 Å². The van der Waals surface area contributed by atoms with Crippen molar-refractivity contribution in [2.24, 2.45) is 5.92 Å². The minimum Gasteiger partial charge on any atom is -0.445 e. The van der Waals surface area contributed by atoms with Crippen molar-refractivity contribution in [3.8, 4) is 0 Å². The number of benzene rings is 3. The Bertz CT molecular complexity index is 2230. The third kappa shape index (κ3) is 14.5. The maximum atomic E-state index is 13.3. The molecule has 4 fully saturated rings. The second-order valence-electron chi connectivity index (χ2n) is 18.9. The molecule has 19 unspecified atom stereocenters. The second kappa shape index (κ2) is 27.3. The van der Waals surface area contributed by atoms with Crippen LogP contribution < -0.4 is 16.0 Å². The second-order valence-corrected chi connectivity index (χ2v) is 19.8. The fourth-order valence-corrected chi connectivity index (χ4v) is 10.1. The Balaban J connectivity index is 1.14. The van der Waals surface area contributed by atoms with E-state index in [0.717, 1.165) is 13.8 Å². The summed E-state index contributed by atoms with van der Waals surface area (Å²) in [6.07, 6.45) is -18.3. The minimum absolute atomic E-state index is 0.0623. The van der Waals surface area contributed by atoms with Gasteiger partial charge in [0.25, 0.3) is 0 Å². The highest BCUT2D eigenvalue weighted by Gasteiger charge is 2.55. The van der Waals surface area contributed by atoms with E-state index in [0.29, 0.717) is 17.3 Å². The zero-order valence-electron chi connectivity index (χ0n) is 41.5. The van der Waals surface area contributed by atoms with Gasteiger partial charge in [0, 0.05) is 0 Å². The van der Waals surface area contributed by atoms with E-state index in [1.807, 2.05) is 18.2 Å². The molecular weight excluding hydrogens is 986 g/mol. The summed E-state index contributed by atoms with van der Waals surface area (Å²) < 4.78 is 54.9. The summed E-state index contributed by atoms with van der Waals surface area (Å²) in [5.74, 6) is -0.615. The first-order valence-corrected chi connectivity index (χ1v) is 26.3. The van der Waals surface area contributed by atoms with Crippen LogP contribution in [0.3, 0.4) is 0 Å². The molecule has 4 aliphatic rings. The van der Waals surface area contributed by atoms with Gasteiger partial charge in [-0.05, 0) is 54.5 Å². The van der Waals surface area contributed by atoms with E-state index in [9.17, 15) is 45.0 Å². The largest absolute Gasteiger partial charge is 0.445 e. The summed E-state index contributed by atoms with van der Waals surface area (Å²) >= 11 is 0. The third-order valence-corrected chi connectivity index (χ3v) is 14.3. The van der Waals surface area contributed by atoms with Crippen LogP contribution in [0, 0.1) is 5.92 Å². The van der Waals surface area contributed by atoms with Gasteiger partial charge in [0.15, 0.2) is 18.9 Å². The summed E-state index contributed by atoms with van der Waals surface area (Å²) in [6, 6.07) is 22.9. The summed E-state index contributed by atoms with van der Waals surface area (Å²) in [5.41, 5.74) is 2.12. The molecule has 3 saturated heterocycles. The highest BCUT2D eigenvalue weighted by atomic mass is 31.1. The van der Waals surface area contributed by atoms with E-state index in [1.54, 1.807) is 93.6 Å². The standard InChI is InChI=1S/C52H70N3O18P/c1-5-33-39(57)41(59)36(54-51(63)66-26-30-18-12-8-13-19-30)47(68-33)71-44-28(3)24-32(53-50(62)65-25-29-16-10-7-11-17-29)38(56)46(44)73-49-43(61)45(35(70-49)22-23-74-4)72-48-37(42(60)40(58)34(6-2)69-48)55-52(64)67-27-31-20-14-9-15-21-31/h7-21,28,32-49,56-61H,4-6,22-27H2,1-3H3,(H,53,62)(H,54,63)(H,55,64). The Morgan fingerprint density at radius 1 is 0.541 bits per heavy atom. The van der Waals surface area contributed by atoms with Crippen molar-refractivity contribution in [2.75, 3.05) is 6.16 Å². The van der Waals surface area contributed by atoms with Crippen LogP contribution in [0.25, 0.3) is 0 Å². The lowest BCUT2D eigenvalue weighted by molar-refractivity contribution is -0.315. The molecule has 74 heavy (non-hydrogen) atoms. The fourth-order valence-electron chi connectivity index (χ4n) is 9.63. The highest BCUT2D eigenvalue weighted by molar-refractivity contribution is 7.36. The summed E-state index contributed by atoms with van der Waals surface area (Å²) in [7, 11) is 0.723. The van der Waals surface area contributed by atoms with Gasteiger partial charge in [-0.25, -0.2) is 14.4 Å². The average Bonchev–Trinajstić information content (AvgIpc) is 3.70. The van der Waals surface area contributed by atoms with Gasteiger partial charge in [0.05, 0.1) is 30.5 Å². The number of alkyl carbamates (subject to hydrolysis) is 3. The lowest BCUT2D eigenvalue weighted by atomic mass is 9.80. The predicted molar refractivity (Wildman–Crippen MR) is 265 cm³/mol. The van der Waals surface area contributed by atoms with E-state index in [-0.39, 0.29) is 45.5 Å². The van der Waals surface area contributed by atoms with Gasteiger partial charge in [-0.15, -0.1) is 8.20 Å². The Morgan fingerprint density at radius 2 is 0.946 bits per heavy atom. The minimum atomic E-state index is -1.66. The summed E-state index contributed by atoms with van der Waals surface area (Å²) in [4.78, 5) is 39.8. The van der Waals surface area contributed by atoms with Crippen molar-refractivity contribution < 1.29 is 87.7 Å². The Hall–Kier alpha value is -4.84. The van der Waals surface area contributed by atoms with Gasteiger partial charge in [0.2, 0.25) is 0 Å². The zero-order chi connectivity index (χ0) is 52.9. The number of ether oxygens (including phenoxy) is 9. The van der Waals surface area contributed by atoms with Crippen LogP contribution in [0.15, 0.2) is 91.0 Å². The van der Waals surface area contributed by atoms with Crippen molar-refractivity contribution in [1.82, 2.24) is 16.0 Å². The maximum absolute atomic E-state index is 13.3. The monoisotopic (exact) mass is 1060 g/mol. The van der Waals surface area contributed by atoms with Crippen molar-refractivity contribution in [1.29, 1.82) is 0 Å². The van der Waals surface area contributed by atoms with Gasteiger partial charge in [0.1, 0.15) is 80.7 Å². The molecule has 9 N–H and O–H groups in total. The third-order valence-electron chi connectivity index (χ3n) is 13.7. The number of carbonyl (C=O) groups excluding carboxylic acids is 3. The van der Waals surface area contributed by atoms with Gasteiger partial charge < -0.3 is 89.2 Å². The molecule has 3 amide bonds. The number of hydrogen-bond acceptors (Lipinski definition) is 18. The van der Waals surface area contributed by atoms with Gasteiger partial charge >= 0.3 is 18.3 Å². The smallest absolute Gasteiger partial charge is 0.407 e. The molecule has 0 aromatic heterocycles. The topological polar surface area (TPSA) is 292 Å². The lowest BCUT2D eigenvalue weighted by Gasteiger charge is -2.48. The quantitative estimate of drug-likeness (QED) is 0.0581. The number of nitrogens with one attached hydrogen (secondary N) is 3. The molecule has 21 nitrogen and oxygen atoms in total. The molecule has 1 saturated carbocycles.